The highest BCUT2D eigenvalue weighted by Gasteiger charge is 2.25. The zero-order valence-electron chi connectivity index (χ0n) is 18.7. The summed E-state index contributed by atoms with van der Waals surface area (Å²) in [7, 11) is 0. The Morgan fingerprint density at radius 2 is 1.87 bits per heavy atom. The van der Waals surface area contributed by atoms with Gasteiger partial charge in [-0.05, 0) is 73.7 Å². The van der Waals surface area contributed by atoms with Crippen molar-refractivity contribution in [2.45, 2.75) is 40.2 Å². The minimum Gasteiger partial charge on any atom is -0.338 e. The minimum absolute atomic E-state index is 0.439. The molecule has 0 aliphatic carbocycles. The summed E-state index contributed by atoms with van der Waals surface area (Å²) in [6.07, 6.45) is 9.73. The summed E-state index contributed by atoms with van der Waals surface area (Å²) in [6, 6.07) is 12.5. The standard InChI is InChI=1S/C26H31N5/c1-19-16-22(10-13-28-19)23(27)8-9-25-29-17-24(30-25)21-6-4-20(5-7-21)18-31-14-11-26(2,3)12-15-31/h4-10,13,16-17,27H,11-12,14-15,18H2,1-3H3,(H,29,30)/b9-8-,27-23?. The second-order valence-corrected chi connectivity index (χ2v) is 9.25. The average molecular weight is 414 g/mol. The van der Waals surface area contributed by atoms with Crippen LogP contribution in [0.15, 0.2) is 54.9 Å². The van der Waals surface area contributed by atoms with Crippen LogP contribution in [0.3, 0.4) is 0 Å². The maximum atomic E-state index is 8.24. The van der Waals surface area contributed by atoms with Crippen LogP contribution in [-0.4, -0.2) is 38.7 Å². The van der Waals surface area contributed by atoms with E-state index in [0.717, 1.165) is 34.9 Å². The second kappa shape index (κ2) is 8.98. The summed E-state index contributed by atoms with van der Waals surface area (Å²) in [5, 5.41) is 8.24. The van der Waals surface area contributed by atoms with Gasteiger partial charge in [0.15, 0.2) is 0 Å². The fraction of sp³-hybridized carbons (Fsp3) is 0.346. The molecule has 31 heavy (non-hydrogen) atoms. The zero-order valence-corrected chi connectivity index (χ0v) is 18.7. The molecule has 0 radical (unpaired) electrons. The largest absolute Gasteiger partial charge is 0.338 e. The molecule has 4 rings (SSSR count). The van der Waals surface area contributed by atoms with Crippen molar-refractivity contribution in [3.05, 3.63) is 77.5 Å². The van der Waals surface area contributed by atoms with Crippen LogP contribution in [0.2, 0.25) is 0 Å². The van der Waals surface area contributed by atoms with Crippen LogP contribution in [0, 0.1) is 17.7 Å². The molecule has 1 fully saturated rings. The van der Waals surface area contributed by atoms with Gasteiger partial charge >= 0.3 is 0 Å². The summed E-state index contributed by atoms with van der Waals surface area (Å²) in [5.74, 6) is 0.741. The number of piperidine rings is 1. The fourth-order valence-electron chi connectivity index (χ4n) is 3.90. The number of hydrogen-bond acceptors (Lipinski definition) is 4. The van der Waals surface area contributed by atoms with Gasteiger partial charge in [-0.1, -0.05) is 38.1 Å². The van der Waals surface area contributed by atoms with Crippen LogP contribution in [0.5, 0.6) is 0 Å². The number of benzene rings is 1. The highest BCUT2D eigenvalue weighted by Crippen LogP contribution is 2.30. The van der Waals surface area contributed by atoms with Gasteiger partial charge in [-0.25, -0.2) is 4.98 Å². The van der Waals surface area contributed by atoms with Crippen molar-refractivity contribution in [3.8, 4) is 11.3 Å². The SMILES string of the molecule is Cc1cc(C(=N)/C=C\c2ncc(-c3ccc(CN4CCC(C)(C)CC4)cc3)[nH]2)ccn1. The molecule has 5 heteroatoms. The number of aromatic nitrogens is 3. The van der Waals surface area contributed by atoms with Gasteiger partial charge in [-0.3, -0.25) is 9.88 Å². The van der Waals surface area contributed by atoms with Crippen molar-refractivity contribution < 1.29 is 0 Å². The number of likely N-dealkylation sites (tertiary alicyclic amines) is 1. The lowest BCUT2D eigenvalue weighted by Gasteiger charge is -2.36. The smallest absolute Gasteiger partial charge is 0.130 e. The molecule has 0 saturated carbocycles. The summed E-state index contributed by atoms with van der Waals surface area (Å²) < 4.78 is 0. The summed E-state index contributed by atoms with van der Waals surface area (Å²) in [4.78, 5) is 14.5. The lowest BCUT2D eigenvalue weighted by molar-refractivity contribution is 0.127. The van der Waals surface area contributed by atoms with Crippen molar-refractivity contribution in [1.82, 2.24) is 19.9 Å². The van der Waals surface area contributed by atoms with E-state index < -0.39 is 0 Å². The van der Waals surface area contributed by atoms with E-state index >= 15 is 0 Å². The van der Waals surface area contributed by atoms with Crippen LogP contribution in [0.1, 0.15) is 49.3 Å². The van der Waals surface area contributed by atoms with E-state index in [1.165, 1.54) is 31.5 Å². The van der Waals surface area contributed by atoms with E-state index in [0.29, 0.717) is 11.1 Å². The lowest BCUT2D eigenvalue weighted by Crippen LogP contribution is -2.36. The van der Waals surface area contributed by atoms with Gasteiger partial charge in [0.05, 0.1) is 17.6 Å². The number of nitrogens with one attached hydrogen (secondary N) is 2. The number of hydrogen-bond donors (Lipinski definition) is 2. The molecule has 1 aliphatic heterocycles. The highest BCUT2D eigenvalue weighted by atomic mass is 15.1. The number of nitrogens with zero attached hydrogens (tertiary/aromatic N) is 3. The molecule has 0 amide bonds. The highest BCUT2D eigenvalue weighted by molar-refractivity contribution is 6.08. The molecule has 0 bridgehead atoms. The molecule has 3 heterocycles. The first-order valence-electron chi connectivity index (χ1n) is 10.9. The maximum absolute atomic E-state index is 8.24. The molecular weight excluding hydrogens is 382 g/mol. The minimum atomic E-state index is 0.439. The molecule has 1 aromatic carbocycles. The third-order valence-corrected chi connectivity index (χ3v) is 6.09. The predicted molar refractivity (Wildman–Crippen MR) is 127 cm³/mol. The Kier molecular flexibility index (Phi) is 6.14. The molecule has 2 N–H and O–H groups in total. The van der Waals surface area contributed by atoms with E-state index in [9.17, 15) is 0 Å². The molecular formula is C26H31N5. The maximum Gasteiger partial charge on any atom is 0.130 e. The first-order valence-corrected chi connectivity index (χ1v) is 10.9. The molecule has 3 aromatic rings. The molecule has 0 atom stereocenters. The first kappa shape index (κ1) is 21.2. The number of pyridine rings is 1. The first-order chi connectivity index (χ1) is 14.9. The van der Waals surface area contributed by atoms with Gasteiger partial charge in [0.1, 0.15) is 5.82 Å². The number of H-pyrrole nitrogens is 1. The quantitative estimate of drug-likeness (QED) is 0.526. The van der Waals surface area contributed by atoms with Crippen LogP contribution in [-0.2, 0) is 6.54 Å². The Morgan fingerprint density at radius 3 is 2.58 bits per heavy atom. The Balaban J connectivity index is 1.37. The monoisotopic (exact) mass is 413 g/mol. The summed E-state index contributed by atoms with van der Waals surface area (Å²) >= 11 is 0. The van der Waals surface area contributed by atoms with Crippen molar-refractivity contribution in [2.24, 2.45) is 5.41 Å². The third-order valence-electron chi connectivity index (χ3n) is 6.09. The molecule has 5 nitrogen and oxygen atoms in total. The van der Waals surface area contributed by atoms with Gasteiger partial charge < -0.3 is 10.4 Å². The zero-order chi connectivity index (χ0) is 21.8. The van der Waals surface area contributed by atoms with E-state index in [1.54, 1.807) is 12.3 Å². The van der Waals surface area contributed by atoms with Crippen molar-refractivity contribution in [2.75, 3.05) is 13.1 Å². The normalized spacial score (nSPS) is 16.6. The summed E-state index contributed by atoms with van der Waals surface area (Å²) in [5.41, 5.74) is 6.14. The number of allylic oxidation sites excluding steroid dienone is 1. The van der Waals surface area contributed by atoms with Gasteiger partial charge in [-0.15, -0.1) is 0 Å². The van der Waals surface area contributed by atoms with Crippen LogP contribution < -0.4 is 0 Å². The molecule has 160 valence electrons. The molecule has 1 saturated heterocycles. The Morgan fingerprint density at radius 1 is 1.13 bits per heavy atom. The van der Waals surface area contributed by atoms with Gasteiger partial charge in [0.2, 0.25) is 0 Å². The van der Waals surface area contributed by atoms with Crippen LogP contribution in [0.25, 0.3) is 17.3 Å². The molecule has 1 aliphatic rings. The average Bonchev–Trinajstić information content (AvgIpc) is 3.23. The fourth-order valence-corrected chi connectivity index (χ4v) is 3.90. The Hall–Kier alpha value is -3.05. The molecule has 0 unspecified atom stereocenters. The van der Waals surface area contributed by atoms with Crippen molar-refractivity contribution in [3.63, 3.8) is 0 Å². The van der Waals surface area contributed by atoms with Crippen molar-refractivity contribution >= 4 is 11.8 Å². The molecule has 0 spiro atoms. The third kappa shape index (κ3) is 5.56. The Bertz CT molecular complexity index is 1070. The summed E-state index contributed by atoms with van der Waals surface area (Å²) in [6.45, 7) is 10.0. The molecule has 2 aromatic heterocycles. The van der Waals surface area contributed by atoms with Crippen LogP contribution >= 0.6 is 0 Å². The number of aryl methyl sites for hydroxylation is 1. The van der Waals surface area contributed by atoms with Crippen molar-refractivity contribution in [1.29, 1.82) is 5.41 Å². The predicted octanol–water partition coefficient (Wildman–Crippen LogP) is 5.48. The van der Waals surface area contributed by atoms with E-state index in [2.05, 4.69) is 58.0 Å². The number of rotatable bonds is 6. The topological polar surface area (TPSA) is 68.7 Å². The van der Waals surface area contributed by atoms with E-state index in [4.69, 9.17) is 5.41 Å². The van der Waals surface area contributed by atoms with Gasteiger partial charge in [0.25, 0.3) is 0 Å². The lowest BCUT2D eigenvalue weighted by atomic mass is 9.82. The van der Waals surface area contributed by atoms with Crippen LogP contribution in [0.4, 0.5) is 0 Å². The second-order valence-electron chi connectivity index (χ2n) is 9.25. The van der Waals surface area contributed by atoms with Gasteiger partial charge in [0, 0.05) is 24.0 Å². The van der Waals surface area contributed by atoms with Gasteiger partial charge in [-0.2, -0.15) is 0 Å². The number of aromatic amines is 1. The number of imidazole rings is 1. The Labute approximate surface area is 184 Å². The van der Waals surface area contributed by atoms with E-state index in [1.807, 2.05) is 31.3 Å². The van der Waals surface area contributed by atoms with E-state index in [-0.39, 0.29) is 0 Å².